The highest BCUT2D eigenvalue weighted by Gasteiger charge is 2.15. The van der Waals surface area contributed by atoms with E-state index in [0.29, 0.717) is 6.04 Å². The number of benzene rings is 1. The van der Waals surface area contributed by atoms with Crippen molar-refractivity contribution in [2.24, 2.45) is 4.99 Å². The fraction of sp³-hybridized carbons (Fsp3) is 0.667. The molecule has 2 unspecified atom stereocenters. The lowest BCUT2D eigenvalue weighted by Gasteiger charge is -2.25. The molecule has 0 aromatic heterocycles. The van der Waals surface area contributed by atoms with E-state index in [4.69, 9.17) is 9.47 Å². The van der Waals surface area contributed by atoms with E-state index in [1.54, 1.807) is 0 Å². The second kappa shape index (κ2) is 15.0. The van der Waals surface area contributed by atoms with Crippen LogP contribution in [0.5, 0.6) is 0 Å². The summed E-state index contributed by atoms with van der Waals surface area (Å²) in [5.74, 6) is 0.858. The van der Waals surface area contributed by atoms with Gasteiger partial charge in [0.25, 0.3) is 0 Å². The molecule has 1 aliphatic heterocycles. The topological polar surface area (TPSA) is 58.1 Å². The van der Waals surface area contributed by atoms with Crippen molar-refractivity contribution in [2.75, 3.05) is 47.0 Å². The fourth-order valence-corrected chi connectivity index (χ4v) is 3.04. The number of ether oxygens (including phenoxy) is 2. The second-order valence-electron chi connectivity index (χ2n) is 7.17. The molecular weight excluding hydrogens is 467 g/mol. The highest BCUT2D eigenvalue weighted by Crippen LogP contribution is 2.08. The maximum atomic E-state index is 5.78. The van der Waals surface area contributed by atoms with Gasteiger partial charge in [0.05, 0.1) is 12.7 Å². The molecule has 0 aliphatic carbocycles. The summed E-state index contributed by atoms with van der Waals surface area (Å²) >= 11 is 0. The summed E-state index contributed by atoms with van der Waals surface area (Å²) in [6, 6.07) is 11.1. The minimum atomic E-state index is 0. The number of guanidine groups is 1. The molecular formula is C21H37IN4O2. The molecule has 1 saturated heterocycles. The first kappa shape index (κ1) is 25.1. The number of rotatable bonds is 11. The Morgan fingerprint density at radius 1 is 1.29 bits per heavy atom. The standard InChI is InChI=1S/C21H36N4O2.HI/c1-18(25(3)16-19-8-5-4-6-9-19)10-13-24-21(22-2)23-12-7-14-27-20-11-15-26-17-20;/h4-6,8-9,18,20H,7,10-17H2,1-3H3,(H2,22,23,24);1H. The van der Waals surface area contributed by atoms with Crippen LogP contribution >= 0.6 is 24.0 Å². The van der Waals surface area contributed by atoms with Crippen molar-refractivity contribution >= 4 is 29.9 Å². The zero-order chi connectivity index (χ0) is 19.3. The Kier molecular flexibility index (Phi) is 13.5. The van der Waals surface area contributed by atoms with Gasteiger partial charge in [-0.25, -0.2) is 0 Å². The van der Waals surface area contributed by atoms with Crippen molar-refractivity contribution in [3.63, 3.8) is 0 Å². The lowest BCUT2D eigenvalue weighted by Crippen LogP contribution is -2.40. The fourth-order valence-electron chi connectivity index (χ4n) is 3.04. The molecule has 2 rings (SSSR count). The quantitative estimate of drug-likeness (QED) is 0.210. The number of nitrogens with zero attached hydrogens (tertiary/aromatic N) is 2. The minimum Gasteiger partial charge on any atom is -0.379 e. The van der Waals surface area contributed by atoms with Gasteiger partial charge < -0.3 is 20.1 Å². The molecule has 7 heteroatoms. The molecule has 2 atom stereocenters. The Labute approximate surface area is 187 Å². The van der Waals surface area contributed by atoms with Crippen LogP contribution in [0.2, 0.25) is 0 Å². The first-order valence-corrected chi connectivity index (χ1v) is 10.1. The Morgan fingerprint density at radius 3 is 2.71 bits per heavy atom. The number of hydrogen-bond acceptors (Lipinski definition) is 4. The van der Waals surface area contributed by atoms with Crippen molar-refractivity contribution in [2.45, 2.75) is 44.9 Å². The van der Waals surface area contributed by atoms with E-state index in [1.807, 2.05) is 7.05 Å². The van der Waals surface area contributed by atoms with Crippen LogP contribution in [-0.2, 0) is 16.0 Å². The molecule has 1 fully saturated rings. The van der Waals surface area contributed by atoms with Gasteiger partial charge in [0.1, 0.15) is 0 Å². The Balaban J connectivity index is 0.00000392. The van der Waals surface area contributed by atoms with E-state index in [1.165, 1.54) is 5.56 Å². The molecule has 1 aromatic carbocycles. The summed E-state index contributed by atoms with van der Waals surface area (Å²) in [7, 11) is 3.99. The van der Waals surface area contributed by atoms with Gasteiger partial charge in [0.2, 0.25) is 0 Å². The molecule has 2 N–H and O–H groups in total. The lowest BCUT2D eigenvalue weighted by molar-refractivity contribution is 0.0420. The van der Waals surface area contributed by atoms with E-state index in [9.17, 15) is 0 Å². The van der Waals surface area contributed by atoms with Crippen molar-refractivity contribution in [1.82, 2.24) is 15.5 Å². The average Bonchev–Trinajstić information content (AvgIpc) is 3.20. The predicted molar refractivity (Wildman–Crippen MR) is 127 cm³/mol. The molecule has 0 saturated carbocycles. The van der Waals surface area contributed by atoms with Gasteiger partial charge in [-0.3, -0.25) is 9.89 Å². The van der Waals surface area contributed by atoms with Gasteiger partial charge in [-0.15, -0.1) is 24.0 Å². The van der Waals surface area contributed by atoms with Crippen LogP contribution in [0.15, 0.2) is 35.3 Å². The number of halogens is 1. The van der Waals surface area contributed by atoms with Crippen LogP contribution < -0.4 is 10.6 Å². The van der Waals surface area contributed by atoms with Gasteiger partial charge in [0, 0.05) is 45.9 Å². The van der Waals surface area contributed by atoms with Gasteiger partial charge in [-0.05, 0) is 38.8 Å². The van der Waals surface area contributed by atoms with Gasteiger partial charge in [0.15, 0.2) is 5.96 Å². The van der Waals surface area contributed by atoms with Crippen molar-refractivity contribution in [3.8, 4) is 0 Å². The predicted octanol–water partition coefficient (Wildman–Crippen LogP) is 2.88. The Bertz CT molecular complexity index is 538. The molecule has 0 amide bonds. The zero-order valence-corrected chi connectivity index (χ0v) is 19.9. The molecule has 0 bridgehead atoms. The molecule has 28 heavy (non-hydrogen) atoms. The Hall–Kier alpha value is -0.900. The molecule has 1 aliphatic rings. The van der Waals surface area contributed by atoms with E-state index < -0.39 is 0 Å². The van der Waals surface area contributed by atoms with Gasteiger partial charge in [-0.2, -0.15) is 0 Å². The van der Waals surface area contributed by atoms with Crippen LogP contribution in [0.3, 0.4) is 0 Å². The summed E-state index contributed by atoms with van der Waals surface area (Å²) in [6.45, 7) is 7.34. The van der Waals surface area contributed by atoms with Gasteiger partial charge in [-0.1, -0.05) is 30.3 Å². The number of nitrogens with one attached hydrogen (secondary N) is 2. The number of aliphatic imine (C=N–C) groups is 1. The third kappa shape index (κ3) is 10.0. The van der Waals surface area contributed by atoms with Crippen LogP contribution in [0.4, 0.5) is 0 Å². The normalized spacial score (nSPS) is 18.0. The highest BCUT2D eigenvalue weighted by molar-refractivity contribution is 14.0. The third-order valence-corrected chi connectivity index (χ3v) is 4.96. The van der Waals surface area contributed by atoms with Crippen LogP contribution in [0.25, 0.3) is 0 Å². The first-order valence-electron chi connectivity index (χ1n) is 10.1. The molecule has 160 valence electrons. The largest absolute Gasteiger partial charge is 0.379 e. The SMILES string of the molecule is CN=C(NCCCOC1CCOC1)NCCC(C)N(C)Cc1ccccc1.I. The monoisotopic (exact) mass is 504 g/mol. The summed E-state index contributed by atoms with van der Waals surface area (Å²) in [5.41, 5.74) is 1.35. The maximum Gasteiger partial charge on any atom is 0.190 e. The Morgan fingerprint density at radius 2 is 2.04 bits per heavy atom. The smallest absolute Gasteiger partial charge is 0.190 e. The van der Waals surface area contributed by atoms with Crippen LogP contribution in [-0.4, -0.2) is 70.0 Å². The third-order valence-electron chi connectivity index (χ3n) is 4.96. The molecule has 0 radical (unpaired) electrons. The van der Waals surface area contributed by atoms with Crippen molar-refractivity contribution in [3.05, 3.63) is 35.9 Å². The van der Waals surface area contributed by atoms with Crippen molar-refractivity contribution in [1.29, 1.82) is 0 Å². The number of hydrogen-bond donors (Lipinski definition) is 2. The van der Waals surface area contributed by atoms with Crippen molar-refractivity contribution < 1.29 is 9.47 Å². The van der Waals surface area contributed by atoms with E-state index in [2.05, 4.69) is 64.8 Å². The molecule has 0 spiro atoms. The summed E-state index contributed by atoms with van der Waals surface area (Å²) in [6.07, 6.45) is 3.34. The second-order valence-corrected chi connectivity index (χ2v) is 7.17. The summed E-state index contributed by atoms with van der Waals surface area (Å²) in [4.78, 5) is 6.68. The highest BCUT2D eigenvalue weighted by atomic mass is 127. The maximum absolute atomic E-state index is 5.78. The molecule has 1 heterocycles. The minimum absolute atomic E-state index is 0. The van der Waals surface area contributed by atoms with Gasteiger partial charge >= 0.3 is 0 Å². The average molecular weight is 504 g/mol. The molecule has 6 nitrogen and oxygen atoms in total. The van der Waals surface area contributed by atoms with E-state index in [-0.39, 0.29) is 30.1 Å². The van der Waals surface area contributed by atoms with E-state index in [0.717, 1.165) is 64.7 Å². The summed E-state index contributed by atoms with van der Waals surface area (Å²) < 4.78 is 11.1. The molecule has 1 aromatic rings. The summed E-state index contributed by atoms with van der Waals surface area (Å²) in [5, 5.41) is 6.75. The zero-order valence-electron chi connectivity index (χ0n) is 17.5. The van der Waals surface area contributed by atoms with Crippen LogP contribution in [0.1, 0.15) is 31.7 Å². The van der Waals surface area contributed by atoms with Crippen LogP contribution in [0, 0.1) is 0 Å². The first-order chi connectivity index (χ1) is 13.2. The lowest BCUT2D eigenvalue weighted by atomic mass is 10.1. The van der Waals surface area contributed by atoms with E-state index >= 15 is 0 Å².